The number of amides is 1. The molecule has 0 saturated carbocycles. The number of rotatable bonds is 10. The van der Waals surface area contributed by atoms with E-state index in [1.165, 1.54) is 0 Å². The van der Waals surface area contributed by atoms with E-state index in [4.69, 9.17) is 4.74 Å². The van der Waals surface area contributed by atoms with Gasteiger partial charge in [0.1, 0.15) is 0 Å². The highest BCUT2D eigenvalue weighted by molar-refractivity contribution is 5.81. The molecule has 0 fully saturated rings. The fourth-order valence-electron chi connectivity index (χ4n) is 1.26. The van der Waals surface area contributed by atoms with Crippen LogP contribution in [0.2, 0.25) is 0 Å². The molecule has 0 rings (SSSR count). The van der Waals surface area contributed by atoms with Crippen LogP contribution in [0.4, 0.5) is 0 Å². The Hall–Kier alpha value is -0.610. The van der Waals surface area contributed by atoms with E-state index in [1.54, 1.807) is 0 Å². The van der Waals surface area contributed by atoms with Crippen LogP contribution in [0.3, 0.4) is 0 Å². The summed E-state index contributed by atoms with van der Waals surface area (Å²) in [5, 5.41) is 6.10. The molecule has 0 aliphatic rings. The molecule has 17 heavy (non-hydrogen) atoms. The Kier molecular flexibility index (Phi) is 10.2. The van der Waals surface area contributed by atoms with Crippen molar-refractivity contribution >= 4 is 5.91 Å². The Morgan fingerprint density at radius 2 is 1.94 bits per heavy atom. The van der Waals surface area contributed by atoms with Crippen molar-refractivity contribution in [1.29, 1.82) is 0 Å². The van der Waals surface area contributed by atoms with Gasteiger partial charge in [-0.05, 0) is 26.7 Å². The van der Waals surface area contributed by atoms with Crippen LogP contribution in [0.1, 0.15) is 47.0 Å². The van der Waals surface area contributed by atoms with Crippen molar-refractivity contribution in [3.8, 4) is 0 Å². The number of hydrogen-bond donors (Lipinski definition) is 2. The van der Waals surface area contributed by atoms with Crippen molar-refractivity contribution in [2.75, 3.05) is 19.8 Å². The first-order valence-corrected chi connectivity index (χ1v) is 6.73. The molecule has 0 heterocycles. The van der Waals surface area contributed by atoms with Gasteiger partial charge in [-0.25, -0.2) is 0 Å². The fraction of sp³-hybridized carbons (Fsp3) is 0.923. The van der Waals surface area contributed by atoms with Crippen LogP contribution in [0.15, 0.2) is 0 Å². The van der Waals surface area contributed by atoms with Crippen LogP contribution in [0.5, 0.6) is 0 Å². The summed E-state index contributed by atoms with van der Waals surface area (Å²) in [7, 11) is 0. The summed E-state index contributed by atoms with van der Waals surface area (Å²) in [5.41, 5.74) is 0. The molecule has 0 radical (unpaired) electrons. The summed E-state index contributed by atoms with van der Waals surface area (Å²) in [6, 6.07) is 0.0892. The van der Waals surface area contributed by atoms with Crippen molar-refractivity contribution in [3.05, 3.63) is 0 Å². The van der Waals surface area contributed by atoms with Crippen LogP contribution in [-0.4, -0.2) is 37.7 Å². The third-order valence-electron chi connectivity index (χ3n) is 2.73. The van der Waals surface area contributed by atoms with Crippen molar-refractivity contribution in [3.63, 3.8) is 0 Å². The van der Waals surface area contributed by atoms with E-state index >= 15 is 0 Å². The maximum Gasteiger partial charge on any atom is 0.237 e. The van der Waals surface area contributed by atoms with Gasteiger partial charge in [0.05, 0.1) is 12.6 Å². The third kappa shape index (κ3) is 9.12. The second-order valence-corrected chi connectivity index (χ2v) is 4.46. The first-order valence-electron chi connectivity index (χ1n) is 6.73. The molecule has 0 aliphatic heterocycles. The van der Waals surface area contributed by atoms with Crippen LogP contribution in [0, 0.1) is 0 Å². The highest BCUT2D eigenvalue weighted by Gasteiger charge is 2.13. The van der Waals surface area contributed by atoms with E-state index in [9.17, 15) is 4.79 Å². The number of hydrogen-bond acceptors (Lipinski definition) is 3. The quantitative estimate of drug-likeness (QED) is 0.575. The van der Waals surface area contributed by atoms with Crippen LogP contribution < -0.4 is 10.6 Å². The molecule has 0 aliphatic carbocycles. The predicted molar refractivity (Wildman–Crippen MR) is 71.1 cm³/mol. The van der Waals surface area contributed by atoms with Crippen molar-refractivity contribution in [1.82, 2.24) is 10.6 Å². The van der Waals surface area contributed by atoms with Crippen LogP contribution in [0.25, 0.3) is 0 Å². The van der Waals surface area contributed by atoms with Crippen LogP contribution in [-0.2, 0) is 9.53 Å². The van der Waals surface area contributed by atoms with Gasteiger partial charge >= 0.3 is 0 Å². The van der Waals surface area contributed by atoms with E-state index in [0.717, 1.165) is 32.4 Å². The SMILES string of the molecule is CCCCOCCNC(C)C(=O)NC(C)CC. The number of carbonyl (C=O) groups is 1. The standard InChI is InChI=1S/C13H28N2O2/c1-5-7-9-17-10-8-14-12(4)13(16)15-11(3)6-2/h11-12,14H,5-10H2,1-4H3,(H,15,16). The molecule has 0 aromatic carbocycles. The molecule has 0 saturated heterocycles. The van der Waals surface area contributed by atoms with Gasteiger partial charge in [0.25, 0.3) is 0 Å². The van der Waals surface area contributed by atoms with Crippen molar-refractivity contribution < 1.29 is 9.53 Å². The number of ether oxygens (including phenoxy) is 1. The van der Waals surface area contributed by atoms with Gasteiger partial charge in [-0.1, -0.05) is 20.3 Å². The molecule has 2 N–H and O–H groups in total. The second-order valence-electron chi connectivity index (χ2n) is 4.46. The Labute approximate surface area is 105 Å². The summed E-state index contributed by atoms with van der Waals surface area (Å²) in [6.07, 6.45) is 3.21. The predicted octanol–water partition coefficient (Wildman–Crippen LogP) is 1.70. The van der Waals surface area contributed by atoms with E-state index < -0.39 is 0 Å². The Balaban J connectivity index is 3.50. The lowest BCUT2D eigenvalue weighted by molar-refractivity contribution is -0.123. The van der Waals surface area contributed by atoms with Gasteiger partial charge in [0.15, 0.2) is 0 Å². The summed E-state index contributed by atoms with van der Waals surface area (Å²) < 4.78 is 5.41. The van der Waals surface area contributed by atoms with Gasteiger partial charge in [0, 0.05) is 19.2 Å². The summed E-state index contributed by atoms with van der Waals surface area (Å²) >= 11 is 0. The van der Waals surface area contributed by atoms with Gasteiger partial charge in [-0.3, -0.25) is 4.79 Å². The van der Waals surface area contributed by atoms with Crippen molar-refractivity contribution in [2.24, 2.45) is 0 Å². The van der Waals surface area contributed by atoms with Crippen molar-refractivity contribution in [2.45, 2.75) is 59.0 Å². The van der Waals surface area contributed by atoms with Crippen LogP contribution >= 0.6 is 0 Å². The maximum absolute atomic E-state index is 11.7. The molecular weight excluding hydrogens is 216 g/mol. The first kappa shape index (κ1) is 16.4. The lowest BCUT2D eigenvalue weighted by atomic mass is 10.2. The minimum atomic E-state index is -0.154. The van der Waals surface area contributed by atoms with Gasteiger partial charge in [-0.2, -0.15) is 0 Å². The molecular formula is C13H28N2O2. The Morgan fingerprint density at radius 1 is 1.24 bits per heavy atom. The molecule has 102 valence electrons. The van der Waals surface area contributed by atoms with Gasteiger partial charge in [0.2, 0.25) is 5.91 Å². The van der Waals surface area contributed by atoms with E-state index in [1.807, 2.05) is 13.8 Å². The Morgan fingerprint density at radius 3 is 2.53 bits per heavy atom. The molecule has 1 amide bonds. The maximum atomic E-state index is 11.7. The number of unbranched alkanes of at least 4 members (excludes halogenated alkanes) is 1. The van der Waals surface area contributed by atoms with Gasteiger partial charge < -0.3 is 15.4 Å². The summed E-state index contributed by atoms with van der Waals surface area (Å²) in [5.74, 6) is 0.0629. The topological polar surface area (TPSA) is 50.4 Å². The molecule has 2 unspecified atom stereocenters. The average molecular weight is 244 g/mol. The monoisotopic (exact) mass is 244 g/mol. The highest BCUT2D eigenvalue weighted by atomic mass is 16.5. The zero-order valence-corrected chi connectivity index (χ0v) is 11.7. The third-order valence-corrected chi connectivity index (χ3v) is 2.73. The number of carbonyl (C=O) groups excluding carboxylic acids is 1. The molecule has 2 atom stereocenters. The summed E-state index contributed by atoms with van der Waals surface area (Å²) in [6.45, 7) is 10.3. The lowest BCUT2D eigenvalue weighted by Crippen LogP contribution is -2.46. The molecule has 4 nitrogen and oxygen atoms in total. The molecule has 0 aromatic heterocycles. The summed E-state index contributed by atoms with van der Waals surface area (Å²) in [4.78, 5) is 11.7. The van der Waals surface area contributed by atoms with E-state index in [2.05, 4.69) is 24.5 Å². The smallest absolute Gasteiger partial charge is 0.237 e. The lowest BCUT2D eigenvalue weighted by Gasteiger charge is -2.17. The normalized spacial score (nSPS) is 14.4. The fourth-order valence-corrected chi connectivity index (χ4v) is 1.26. The van der Waals surface area contributed by atoms with Gasteiger partial charge in [-0.15, -0.1) is 0 Å². The second kappa shape index (κ2) is 10.5. The van der Waals surface area contributed by atoms with E-state index in [-0.39, 0.29) is 18.0 Å². The molecule has 0 bridgehead atoms. The zero-order chi connectivity index (χ0) is 13.1. The number of nitrogens with one attached hydrogen (secondary N) is 2. The molecule has 0 spiro atoms. The minimum absolute atomic E-state index is 0.0629. The molecule has 0 aromatic rings. The molecule has 4 heteroatoms. The average Bonchev–Trinajstić information content (AvgIpc) is 2.32. The zero-order valence-electron chi connectivity index (χ0n) is 11.7. The highest BCUT2D eigenvalue weighted by Crippen LogP contribution is 1.91. The van der Waals surface area contributed by atoms with E-state index in [0.29, 0.717) is 6.61 Å². The Bertz CT molecular complexity index is 198. The largest absolute Gasteiger partial charge is 0.380 e. The minimum Gasteiger partial charge on any atom is -0.380 e. The first-order chi connectivity index (χ1) is 8.11.